The van der Waals surface area contributed by atoms with Gasteiger partial charge in [0.2, 0.25) is 0 Å². The van der Waals surface area contributed by atoms with Crippen LogP contribution in [0.3, 0.4) is 0 Å². The van der Waals surface area contributed by atoms with Crippen LogP contribution in [-0.2, 0) is 19.5 Å². The highest BCUT2D eigenvalue weighted by atomic mass is 16.3. The zero-order valence-corrected chi connectivity index (χ0v) is 14.6. The highest BCUT2D eigenvalue weighted by molar-refractivity contribution is 5.53. The molecule has 3 aromatic rings. The number of aryl methyl sites for hydroxylation is 1. The Bertz CT molecular complexity index is 998. The lowest BCUT2D eigenvalue weighted by atomic mass is 10.0. The first-order valence-corrected chi connectivity index (χ1v) is 8.64. The van der Waals surface area contributed by atoms with Gasteiger partial charge in [-0.05, 0) is 31.0 Å². The Hall–Kier alpha value is -2.99. The number of rotatable bonds is 3. The van der Waals surface area contributed by atoms with Crippen molar-refractivity contribution in [3.8, 4) is 17.1 Å². The normalized spacial score (nSPS) is 14.2. The SMILES string of the molecule is Cc1cccc(CN2CCc3c(nc(-c4cccnc4)[nH]c3=O)C2)c1O. The molecule has 26 heavy (non-hydrogen) atoms. The van der Waals surface area contributed by atoms with Gasteiger partial charge in [-0.25, -0.2) is 4.98 Å². The number of nitrogens with one attached hydrogen (secondary N) is 1. The molecule has 0 bridgehead atoms. The Labute approximate surface area is 151 Å². The van der Waals surface area contributed by atoms with E-state index in [1.165, 1.54) is 0 Å². The number of aromatic amines is 1. The summed E-state index contributed by atoms with van der Waals surface area (Å²) >= 11 is 0. The molecular weight excluding hydrogens is 328 g/mol. The van der Waals surface area contributed by atoms with Gasteiger partial charge in [-0.3, -0.25) is 14.7 Å². The largest absolute Gasteiger partial charge is 0.507 e. The fraction of sp³-hybridized carbons (Fsp3) is 0.250. The minimum absolute atomic E-state index is 0.0769. The Morgan fingerprint density at radius 3 is 2.96 bits per heavy atom. The number of fused-ring (bicyclic) bond motifs is 1. The minimum Gasteiger partial charge on any atom is -0.507 e. The van der Waals surface area contributed by atoms with Gasteiger partial charge in [-0.15, -0.1) is 0 Å². The molecule has 0 saturated heterocycles. The number of benzene rings is 1. The molecule has 1 aliphatic heterocycles. The van der Waals surface area contributed by atoms with Gasteiger partial charge in [0, 0.05) is 48.7 Å². The monoisotopic (exact) mass is 348 g/mol. The summed E-state index contributed by atoms with van der Waals surface area (Å²) in [5.74, 6) is 0.885. The second-order valence-electron chi connectivity index (χ2n) is 6.62. The summed E-state index contributed by atoms with van der Waals surface area (Å²) in [6.07, 6.45) is 4.03. The first-order chi connectivity index (χ1) is 12.6. The number of pyridine rings is 1. The summed E-state index contributed by atoms with van der Waals surface area (Å²) in [5.41, 5.74) is 4.03. The number of hydrogen-bond acceptors (Lipinski definition) is 5. The van der Waals surface area contributed by atoms with Crippen molar-refractivity contribution in [2.45, 2.75) is 26.4 Å². The number of H-pyrrole nitrogens is 1. The van der Waals surface area contributed by atoms with Crippen molar-refractivity contribution < 1.29 is 5.11 Å². The zero-order chi connectivity index (χ0) is 18.1. The van der Waals surface area contributed by atoms with E-state index >= 15 is 0 Å². The molecule has 0 atom stereocenters. The molecule has 0 saturated carbocycles. The van der Waals surface area contributed by atoms with Gasteiger partial charge in [0.05, 0.1) is 5.69 Å². The number of phenolic OH excluding ortho intramolecular Hbond substituents is 1. The van der Waals surface area contributed by atoms with Crippen molar-refractivity contribution in [1.29, 1.82) is 0 Å². The maximum atomic E-state index is 12.4. The van der Waals surface area contributed by atoms with E-state index < -0.39 is 0 Å². The van der Waals surface area contributed by atoms with Crippen molar-refractivity contribution in [2.75, 3.05) is 6.54 Å². The Morgan fingerprint density at radius 2 is 2.15 bits per heavy atom. The third kappa shape index (κ3) is 3.11. The standard InChI is InChI=1S/C20H20N4O2/c1-13-4-2-5-15(18(13)25)11-24-9-7-16-17(12-24)22-19(23-20(16)26)14-6-3-8-21-10-14/h2-6,8,10,25H,7,9,11-12H2,1H3,(H,22,23,26). The molecule has 132 valence electrons. The lowest BCUT2D eigenvalue weighted by Crippen LogP contribution is -2.35. The van der Waals surface area contributed by atoms with E-state index in [1.807, 2.05) is 37.3 Å². The number of hydrogen-bond donors (Lipinski definition) is 2. The van der Waals surface area contributed by atoms with Crippen LogP contribution in [-0.4, -0.2) is 31.5 Å². The third-order valence-corrected chi connectivity index (χ3v) is 4.80. The average Bonchev–Trinajstić information content (AvgIpc) is 2.66. The number of para-hydroxylation sites is 1. The van der Waals surface area contributed by atoms with Crippen molar-refractivity contribution in [2.24, 2.45) is 0 Å². The van der Waals surface area contributed by atoms with Crippen LogP contribution in [0.25, 0.3) is 11.4 Å². The van der Waals surface area contributed by atoms with E-state index in [0.29, 0.717) is 31.1 Å². The molecule has 0 fully saturated rings. The van der Waals surface area contributed by atoms with Crippen molar-refractivity contribution in [3.63, 3.8) is 0 Å². The highest BCUT2D eigenvalue weighted by Crippen LogP contribution is 2.25. The van der Waals surface area contributed by atoms with E-state index in [1.54, 1.807) is 12.4 Å². The first-order valence-electron chi connectivity index (χ1n) is 8.64. The number of nitrogens with zero attached hydrogens (tertiary/aromatic N) is 3. The van der Waals surface area contributed by atoms with E-state index in [4.69, 9.17) is 0 Å². The van der Waals surface area contributed by atoms with Crippen LogP contribution < -0.4 is 5.56 Å². The van der Waals surface area contributed by atoms with Gasteiger partial charge in [-0.1, -0.05) is 18.2 Å². The van der Waals surface area contributed by atoms with Gasteiger partial charge < -0.3 is 10.1 Å². The summed E-state index contributed by atoms with van der Waals surface area (Å²) in [6.45, 7) is 3.87. The fourth-order valence-corrected chi connectivity index (χ4v) is 3.36. The van der Waals surface area contributed by atoms with Crippen molar-refractivity contribution >= 4 is 0 Å². The summed E-state index contributed by atoms with van der Waals surface area (Å²) in [7, 11) is 0. The van der Waals surface area contributed by atoms with Crippen LogP contribution in [0.5, 0.6) is 5.75 Å². The predicted octanol–water partition coefficient (Wildman–Crippen LogP) is 2.40. The molecule has 2 aromatic heterocycles. The van der Waals surface area contributed by atoms with Crippen LogP contribution in [0.1, 0.15) is 22.4 Å². The van der Waals surface area contributed by atoms with Crippen LogP contribution in [0.2, 0.25) is 0 Å². The Kier molecular flexibility index (Phi) is 4.26. The average molecular weight is 348 g/mol. The van der Waals surface area contributed by atoms with Gasteiger partial charge in [0.15, 0.2) is 0 Å². The number of aromatic hydroxyl groups is 1. The van der Waals surface area contributed by atoms with Crippen LogP contribution >= 0.6 is 0 Å². The molecule has 4 rings (SSSR count). The van der Waals surface area contributed by atoms with Gasteiger partial charge >= 0.3 is 0 Å². The van der Waals surface area contributed by atoms with E-state index in [-0.39, 0.29) is 5.56 Å². The van der Waals surface area contributed by atoms with E-state index in [2.05, 4.69) is 19.9 Å². The van der Waals surface area contributed by atoms with Crippen LogP contribution in [0.15, 0.2) is 47.5 Å². The lowest BCUT2D eigenvalue weighted by Gasteiger charge is -2.28. The summed E-state index contributed by atoms with van der Waals surface area (Å²) in [6, 6.07) is 9.48. The lowest BCUT2D eigenvalue weighted by molar-refractivity contribution is 0.237. The number of phenols is 1. The first kappa shape index (κ1) is 16.5. The molecule has 2 N–H and O–H groups in total. The maximum Gasteiger partial charge on any atom is 0.254 e. The third-order valence-electron chi connectivity index (χ3n) is 4.80. The van der Waals surface area contributed by atoms with Crippen molar-refractivity contribution in [3.05, 3.63) is 75.5 Å². The van der Waals surface area contributed by atoms with Gasteiger partial charge in [0.25, 0.3) is 5.56 Å². The maximum absolute atomic E-state index is 12.4. The highest BCUT2D eigenvalue weighted by Gasteiger charge is 2.22. The zero-order valence-electron chi connectivity index (χ0n) is 14.6. The minimum atomic E-state index is -0.0769. The second kappa shape index (κ2) is 6.72. The van der Waals surface area contributed by atoms with Crippen molar-refractivity contribution in [1.82, 2.24) is 19.9 Å². The molecule has 3 heterocycles. The molecule has 0 unspecified atom stereocenters. The summed E-state index contributed by atoms with van der Waals surface area (Å²) in [5, 5.41) is 10.3. The molecule has 6 nitrogen and oxygen atoms in total. The molecule has 0 aliphatic carbocycles. The topological polar surface area (TPSA) is 82.1 Å². The Balaban J connectivity index is 1.63. The molecule has 0 spiro atoms. The van der Waals surface area contributed by atoms with Crippen LogP contribution in [0, 0.1) is 6.92 Å². The quantitative estimate of drug-likeness (QED) is 0.759. The van der Waals surface area contributed by atoms with Crippen LogP contribution in [0.4, 0.5) is 0 Å². The molecule has 6 heteroatoms. The van der Waals surface area contributed by atoms with Gasteiger partial charge in [-0.2, -0.15) is 0 Å². The summed E-state index contributed by atoms with van der Waals surface area (Å²) < 4.78 is 0. The predicted molar refractivity (Wildman–Crippen MR) is 98.8 cm³/mol. The molecule has 0 radical (unpaired) electrons. The Morgan fingerprint density at radius 1 is 1.27 bits per heavy atom. The van der Waals surface area contributed by atoms with E-state index in [0.717, 1.165) is 34.5 Å². The number of aromatic nitrogens is 3. The van der Waals surface area contributed by atoms with Gasteiger partial charge in [0.1, 0.15) is 11.6 Å². The molecular formula is C20H20N4O2. The smallest absolute Gasteiger partial charge is 0.254 e. The second-order valence-corrected chi connectivity index (χ2v) is 6.62. The summed E-state index contributed by atoms with van der Waals surface area (Å²) in [4.78, 5) is 26.3. The molecule has 1 aromatic carbocycles. The fourth-order valence-electron chi connectivity index (χ4n) is 3.36. The molecule has 1 aliphatic rings. The molecule has 0 amide bonds. The van der Waals surface area contributed by atoms with E-state index in [9.17, 15) is 9.90 Å².